The molecule has 1 fully saturated rings. The zero-order valence-corrected chi connectivity index (χ0v) is 10.5. The van der Waals surface area contributed by atoms with Gasteiger partial charge in [0.25, 0.3) is 0 Å². The van der Waals surface area contributed by atoms with Gasteiger partial charge < -0.3 is 4.74 Å². The van der Waals surface area contributed by atoms with Gasteiger partial charge in [-0.25, -0.2) is 0 Å². The van der Waals surface area contributed by atoms with Crippen LogP contribution < -0.4 is 0 Å². The van der Waals surface area contributed by atoms with E-state index in [1.807, 2.05) is 23.5 Å². The molecule has 1 aliphatic rings. The van der Waals surface area contributed by atoms with Crippen LogP contribution in [0, 0.1) is 5.41 Å². The molecule has 0 spiro atoms. The van der Waals surface area contributed by atoms with Crippen LogP contribution in [-0.4, -0.2) is 36.6 Å². The number of ether oxygens (including phenoxy) is 1. The molecule has 0 amide bonds. The lowest BCUT2D eigenvalue weighted by Crippen LogP contribution is -2.13. The molecule has 0 aromatic heterocycles. The standard InChI is InChI=1S/C10H18O2S2/c1-12-9(11)7-10(3-4-10)8-14-6-5-13-2/h3-8H2,1-2H3. The van der Waals surface area contributed by atoms with Crippen molar-refractivity contribution in [1.29, 1.82) is 0 Å². The highest BCUT2D eigenvalue weighted by Crippen LogP contribution is 2.51. The van der Waals surface area contributed by atoms with Crippen LogP contribution in [0.3, 0.4) is 0 Å². The molecular weight excluding hydrogens is 216 g/mol. The summed E-state index contributed by atoms with van der Waals surface area (Å²) in [5, 5.41) is 0. The molecule has 1 saturated carbocycles. The van der Waals surface area contributed by atoms with Gasteiger partial charge in [0.05, 0.1) is 13.5 Å². The maximum absolute atomic E-state index is 11.1. The zero-order chi connectivity index (χ0) is 10.4. The van der Waals surface area contributed by atoms with E-state index in [0.29, 0.717) is 11.8 Å². The largest absolute Gasteiger partial charge is 0.469 e. The van der Waals surface area contributed by atoms with Crippen molar-refractivity contribution in [2.75, 3.05) is 30.6 Å². The van der Waals surface area contributed by atoms with Gasteiger partial charge >= 0.3 is 5.97 Å². The van der Waals surface area contributed by atoms with Crippen molar-refractivity contribution in [3.63, 3.8) is 0 Å². The van der Waals surface area contributed by atoms with E-state index in [9.17, 15) is 4.79 Å². The fourth-order valence-corrected chi connectivity index (χ4v) is 3.46. The molecule has 1 aliphatic carbocycles. The summed E-state index contributed by atoms with van der Waals surface area (Å²) in [6.45, 7) is 0. The third kappa shape index (κ3) is 4.13. The van der Waals surface area contributed by atoms with E-state index in [0.717, 1.165) is 5.75 Å². The summed E-state index contributed by atoms with van der Waals surface area (Å²) in [6.07, 6.45) is 5.15. The number of esters is 1. The Kier molecular flexibility index (Phi) is 5.17. The SMILES string of the molecule is COC(=O)CC1(CSCCSC)CC1. The fourth-order valence-electron chi connectivity index (χ4n) is 1.36. The number of carbonyl (C=O) groups excluding carboxylic acids is 1. The van der Waals surface area contributed by atoms with Crippen molar-refractivity contribution in [2.45, 2.75) is 19.3 Å². The van der Waals surface area contributed by atoms with E-state index in [4.69, 9.17) is 4.74 Å². The number of hydrogen-bond acceptors (Lipinski definition) is 4. The number of hydrogen-bond donors (Lipinski definition) is 0. The molecule has 0 radical (unpaired) electrons. The average Bonchev–Trinajstić information content (AvgIpc) is 2.93. The van der Waals surface area contributed by atoms with Gasteiger partial charge in [-0.15, -0.1) is 0 Å². The lowest BCUT2D eigenvalue weighted by atomic mass is 10.1. The maximum atomic E-state index is 11.1. The highest BCUT2D eigenvalue weighted by molar-refractivity contribution is 8.02. The molecule has 82 valence electrons. The first-order chi connectivity index (χ1) is 6.72. The highest BCUT2D eigenvalue weighted by atomic mass is 32.2. The van der Waals surface area contributed by atoms with E-state index in [-0.39, 0.29) is 5.97 Å². The van der Waals surface area contributed by atoms with Crippen molar-refractivity contribution >= 4 is 29.5 Å². The Hall–Kier alpha value is 0.170. The molecule has 0 N–H and O–H groups in total. The van der Waals surface area contributed by atoms with Crippen LogP contribution >= 0.6 is 23.5 Å². The van der Waals surface area contributed by atoms with Crippen LogP contribution in [0.4, 0.5) is 0 Å². The highest BCUT2D eigenvalue weighted by Gasteiger charge is 2.44. The van der Waals surface area contributed by atoms with Crippen molar-refractivity contribution in [3.05, 3.63) is 0 Å². The normalized spacial score (nSPS) is 17.9. The van der Waals surface area contributed by atoms with Crippen molar-refractivity contribution in [3.8, 4) is 0 Å². The molecule has 0 saturated heterocycles. The molecule has 14 heavy (non-hydrogen) atoms. The Bertz CT molecular complexity index is 191. The molecule has 0 aliphatic heterocycles. The summed E-state index contributed by atoms with van der Waals surface area (Å²) < 4.78 is 4.70. The Labute approximate surface area is 94.5 Å². The summed E-state index contributed by atoms with van der Waals surface area (Å²) in [5.41, 5.74) is 0.302. The first kappa shape index (κ1) is 12.2. The summed E-state index contributed by atoms with van der Waals surface area (Å²) in [7, 11) is 1.47. The van der Waals surface area contributed by atoms with Crippen molar-refractivity contribution < 1.29 is 9.53 Å². The minimum atomic E-state index is -0.0482. The van der Waals surface area contributed by atoms with Crippen molar-refractivity contribution in [2.24, 2.45) is 5.41 Å². The minimum Gasteiger partial charge on any atom is -0.469 e. The lowest BCUT2D eigenvalue weighted by molar-refractivity contribution is -0.141. The Balaban J connectivity index is 2.12. The van der Waals surface area contributed by atoms with E-state index in [1.165, 1.54) is 31.5 Å². The molecule has 2 nitrogen and oxygen atoms in total. The van der Waals surface area contributed by atoms with Gasteiger partial charge in [-0.3, -0.25) is 4.79 Å². The molecular formula is C10H18O2S2. The van der Waals surface area contributed by atoms with E-state index in [2.05, 4.69) is 6.26 Å². The maximum Gasteiger partial charge on any atom is 0.306 e. The molecule has 0 heterocycles. The van der Waals surface area contributed by atoms with Crippen LogP contribution in [0.25, 0.3) is 0 Å². The van der Waals surface area contributed by atoms with E-state index in [1.54, 1.807) is 0 Å². The van der Waals surface area contributed by atoms with Crippen LogP contribution in [0.2, 0.25) is 0 Å². The monoisotopic (exact) mass is 234 g/mol. The second-order valence-electron chi connectivity index (χ2n) is 3.80. The number of carbonyl (C=O) groups is 1. The lowest BCUT2D eigenvalue weighted by Gasteiger charge is -2.12. The summed E-state index contributed by atoms with van der Waals surface area (Å²) in [5.74, 6) is 3.49. The summed E-state index contributed by atoms with van der Waals surface area (Å²) in [6, 6.07) is 0. The van der Waals surface area contributed by atoms with Gasteiger partial charge in [0.1, 0.15) is 0 Å². The Morgan fingerprint density at radius 3 is 2.64 bits per heavy atom. The smallest absolute Gasteiger partial charge is 0.306 e. The van der Waals surface area contributed by atoms with Gasteiger partial charge in [0, 0.05) is 11.5 Å². The topological polar surface area (TPSA) is 26.3 Å². The molecule has 0 aromatic carbocycles. The van der Waals surface area contributed by atoms with Crippen LogP contribution in [-0.2, 0) is 9.53 Å². The predicted octanol–water partition coefficient (Wildman–Crippen LogP) is 2.43. The summed E-state index contributed by atoms with van der Waals surface area (Å²) in [4.78, 5) is 11.1. The molecule has 4 heteroatoms. The Morgan fingerprint density at radius 1 is 1.43 bits per heavy atom. The quantitative estimate of drug-likeness (QED) is 0.499. The molecule has 0 aromatic rings. The van der Waals surface area contributed by atoms with Crippen LogP contribution in [0.15, 0.2) is 0 Å². The van der Waals surface area contributed by atoms with Gasteiger partial charge in [-0.1, -0.05) is 0 Å². The van der Waals surface area contributed by atoms with Gasteiger partial charge in [0.15, 0.2) is 0 Å². The first-order valence-electron chi connectivity index (χ1n) is 4.86. The zero-order valence-electron chi connectivity index (χ0n) is 8.88. The Morgan fingerprint density at radius 2 is 2.14 bits per heavy atom. The summed E-state index contributed by atoms with van der Waals surface area (Å²) >= 11 is 3.85. The second kappa shape index (κ2) is 5.91. The van der Waals surface area contributed by atoms with Crippen LogP contribution in [0.1, 0.15) is 19.3 Å². The minimum absolute atomic E-state index is 0.0482. The number of thioether (sulfide) groups is 2. The molecule has 0 atom stereocenters. The third-order valence-corrected chi connectivity index (χ3v) is 4.72. The predicted molar refractivity (Wildman–Crippen MR) is 64.0 cm³/mol. The molecule has 1 rings (SSSR count). The first-order valence-corrected chi connectivity index (χ1v) is 7.41. The third-order valence-electron chi connectivity index (χ3n) is 2.54. The van der Waals surface area contributed by atoms with Gasteiger partial charge in [-0.2, -0.15) is 23.5 Å². The van der Waals surface area contributed by atoms with Crippen LogP contribution in [0.5, 0.6) is 0 Å². The second-order valence-corrected chi connectivity index (χ2v) is 5.89. The van der Waals surface area contributed by atoms with E-state index < -0.39 is 0 Å². The number of rotatable bonds is 7. The number of methoxy groups -OCH3 is 1. The van der Waals surface area contributed by atoms with Crippen molar-refractivity contribution in [1.82, 2.24) is 0 Å². The fraction of sp³-hybridized carbons (Fsp3) is 0.900. The van der Waals surface area contributed by atoms with E-state index >= 15 is 0 Å². The van der Waals surface area contributed by atoms with Gasteiger partial charge in [0.2, 0.25) is 0 Å². The van der Waals surface area contributed by atoms with Gasteiger partial charge in [-0.05, 0) is 30.3 Å². The average molecular weight is 234 g/mol. The molecule has 0 unspecified atom stereocenters. The molecule has 0 bridgehead atoms.